The Bertz CT molecular complexity index is 744. The number of rotatable bonds is 5. The maximum absolute atomic E-state index is 12.4. The maximum atomic E-state index is 12.4. The molecule has 0 aliphatic carbocycles. The van der Waals surface area contributed by atoms with Crippen molar-refractivity contribution < 1.29 is 14.3 Å². The Balaban J connectivity index is 1.58. The number of carbonyl (C=O) groups excluding carboxylic acids is 2. The summed E-state index contributed by atoms with van der Waals surface area (Å²) in [5, 5.41) is 5.70. The minimum absolute atomic E-state index is 0.00899. The van der Waals surface area contributed by atoms with Crippen molar-refractivity contribution >= 4 is 17.5 Å². The molecular weight excluding hydrogens is 304 g/mol. The van der Waals surface area contributed by atoms with Crippen LogP contribution in [-0.2, 0) is 11.2 Å². The molecule has 5 nitrogen and oxygen atoms in total. The van der Waals surface area contributed by atoms with Gasteiger partial charge in [0.1, 0.15) is 5.75 Å². The van der Waals surface area contributed by atoms with E-state index in [0.29, 0.717) is 17.0 Å². The van der Waals surface area contributed by atoms with Gasteiger partial charge in [0, 0.05) is 11.6 Å². The Morgan fingerprint density at radius 3 is 2.83 bits per heavy atom. The summed E-state index contributed by atoms with van der Waals surface area (Å²) >= 11 is 0. The number of amides is 2. The van der Waals surface area contributed by atoms with Crippen LogP contribution in [0.4, 0.5) is 5.69 Å². The quantitative estimate of drug-likeness (QED) is 0.889. The van der Waals surface area contributed by atoms with E-state index in [4.69, 9.17) is 4.74 Å². The van der Waals surface area contributed by atoms with Gasteiger partial charge in [-0.15, -0.1) is 0 Å². The molecule has 0 saturated heterocycles. The molecule has 24 heavy (non-hydrogen) atoms. The molecule has 0 bridgehead atoms. The van der Waals surface area contributed by atoms with Gasteiger partial charge in [-0.3, -0.25) is 9.59 Å². The molecule has 0 aromatic heterocycles. The van der Waals surface area contributed by atoms with Gasteiger partial charge in [0.2, 0.25) is 0 Å². The summed E-state index contributed by atoms with van der Waals surface area (Å²) < 4.78 is 5.30. The van der Waals surface area contributed by atoms with E-state index in [2.05, 4.69) is 22.8 Å². The maximum Gasteiger partial charge on any atom is 0.262 e. The van der Waals surface area contributed by atoms with E-state index in [9.17, 15) is 9.59 Å². The van der Waals surface area contributed by atoms with Crippen LogP contribution in [0.5, 0.6) is 5.75 Å². The molecule has 0 radical (unpaired) electrons. The molecule has 2 N–H and O–H groups in total. The summed E-state index contributed by atoms with van der Waals surface area (Å²) in [6, 6.07) is 15.3. The van der Waals surface area contributed by atoms with Crippen LogP contribution >= 0.6 is 0 Å². The molecule has 1 aliphatic heterocycles. The van der Waals surface area contributed by atoms with Gasteiger partial charge < -0.3 is 15.4 Å². The third kappa shape index (κ3) is 3.93. The number of fused-ring (bicyclic) bond motifs is 1. The van der Waals surface area contributed by atoms with Crippen molar-refractivity contribution in [3.05, 3.63) is 59.7 Å². The van der Waals surface area contributed by atoms with Crippen LogP contribution in [0.1, 0.15) is 29.3 Å². The van der Waals surface area contributed by atoms with Crippen LogP contribution in [0.3, 0.4) is 0 Å². The SMILES string of the molecule is C[C@@H](CCc1ccccc1)NC(=O)c1ccc2c(c1)NC(=O)CO2. The molecule has 1 aliphatic rings. The van der Waals surface area contributed by atoms with Gasteiger partial charge in [0.25, 0.3) is 11.8 Å². The zero-order valence-electron chi connectivity index (χ0n) is 13.5. The summed E-state index contributed by atoms with van der Waals surface area (Å²) in [5.74, 6) is 0.220. The predicted molar refractivity (Wildman–Crippen MR) is 92.3 cm³/mol. The number of hydrogen-bond acceptors (Lipinski definition) is 3. The van der Waals surface area contributed by atoms with Crippen LogP contribution in [0.2, 0.25) is 0 Å². The molecule has 2 aromatic carbocycles. The summed E-state index contributed by atoms with van der Waals surface area (Å²) in [5.41, 5.74) is 2.30. The van der Waals surface area contributed by atoms with E-state index in [1.54, 1.807) is 18.2 Å². The van der Waals surface area contributed by atoms with Crippen molar-refractivity contribution in [2.45, 2.75) is 25.8 Å². The van der Waals surface area contributed by atoms with Crippen molar-refractivity contribution in [3.8, 4) is 5.75 Å². The highest BCUT2D eigenvalue weighted by Crippen LogP contribution is 2.28. The summed E-state index contributed by atoms with van der Waals surface area (Å²) in [6.45, 7) is 2.00. The minimum atomic E-state index is -0.212. The highest BCUT2D eigenvalue weighted by Gasteiger charge is 2.18. The van der Waals surface area contributed by atoms with Gasteiger partial charge >= 0.3 is 0 Å². The number of nitrogens with one attached hydrogen (secondary N) is 2. The van der Waals surface area contributed by atoms with E-state index in [1.165, 1.54) is 5.56 Å². The van der Waals surface area contributed by atoms with Crippen molar-refractivity contribution in [2.75, 3.05) is 11.9 Å². The summed E-state index contributed by atoms with van der Waals surface area (Å²) in [4.78, 5) is 23.7. The molecule has 0 fully saturated rings. The van der Waals surface area contributed by atoms with Crippen molar-refractivity contribution in [1.29, 1.82) is 0 Å². The topological polar surface area (TPSA) is 67.4 Å². The first kappa shape index (κ1) is 16.1. The lowest BCUT2D eigenvalue weighted by Gasteiger charge is -2.19. The van der Waals surface area contributed by atoms with Gasteiger partial charge in [-0.1, -0.05) is 30.3 Å². The third-order valence-corrected chi connectivity index (χ3v) is 3.96. The first-order valence-corrected chi connectivity index (χ1v) is 8.03. The second kappa shape index (κ2) is 7.17. The monoisotopic (exact) mass is 324 g/mol. The molecule has 2 amide bonds. The third-order valence-electron chi connectivity index (χ3n) is 3.96. The Morgan fingerprint density at radius 1 is 1.25 bits per heavy atom. The largest absolute Gasteiger partial charge is 0.482 e. The smallest absolute Gasteiger partial charge is 0.262 e. The fourth-order valence-electron chi connectivity index (χ4n) is 2.63. The van der Waals surface area contributed by atoms with Gasteiger partial charge in [0.05, 0.1) is 5.69 Å². The van der Waals surface area contributed by atoms with Crippen LogP contribution in [0.15, 0.2) is 48.5 Å². The number of aryl methyl sites for hydroxylation is 1. The molecule has 2 aromatic rings. The summed E-state index contributed by atoms with van der Waals surface area (Å²) in [7, 11) is 0. The zero-order chi connectivity index (χ0) is 16.9. The standard InChI is InChI=1S/C19H20N2O3/c1-13(7-8-14-5-3-2-4-6-14)20-19(23)15-9-10-17-16(11-15)21-18(22)12-24-17/h2-6,9-11,13H,7-8,12H2,1H3,(H,20,23)(H,21,22)/t13-/m0/s1. The highest BCUT2D eigenvalue weighted by molar-refractivity contribution is 5.99. The van der Waals surface area contributed by atoms with Gasteiger partial charge in [0.15, 0.2) is 6.61 Å². The Kier molecular flexibility index (Phi) is 4.79. The van der Waals surface area contributed by atoms with Crippen LogP contribution in [-0.4, -0.2) is 24.5 Å². The number of ether oxygens (including phenoxy) is 1. The second-order valence-electron chi connectivity index (χ2n) is 5.95. The van der Waals surface area contributed by atoms with Gasteiger partial charge in [-0.05, 0) is 43.5 Å². The average Bonchev–Trinajstić information content (AvgIpc) is 2.60. The van der Waals surface area contributed by atoms with Crippen LogP contribution in [0, 0.1) is 0 Å². The van der Waals surface area contributed by atoms with Gasteiger partial charge in [-0.2, -0.15) is 0 Å². The van der Waals surface area contributed by atoms with Crippen LogP contribution < -0.4 is 15.4 Å². The van der Waals surface area contributed by atoms with E-state index in [-0.39, 0.29) is 24.5 Å². The molecule has 5 heteroatoms. The normalized spacial score (nSPS) is 14.1. The fraction of sp³-hybridized carbons (Fsp3) is 0.263. The zero-order valence-corrected chi connectivity index (χ0v) is 13.5. The number of carbonyl (C=O) groups is 2. The van der Waals surface area contributed by atoms with E-state index in [1.807, 2.05) is 25.1 Å². The average molecular weight is 324 g/mol. The second-order valence-corrected chi connectivity index (χ2v) is 5.95. The highest BCUT2D eigenvalue weighted by atomic mass is 16.5. The lowest BCUT2D eigenvalue weighted by atomic mass is 10.1. The lowest BCUT2D eigenvalue weighted by Crippen LogP contribution is -2.33. The fourth-order valence-corrected chi connectivity index (χ4v) is 2.63. The van der Waals surface area contributed by atoms with E-state index < -0.39 is 0 Å². The van der Waals surface area contributed by atoms with Crippen molar-refractivity contribution in [1.82, 2.24) is 5.32 Å². The number of benzene rings is 2. The molecule has 1 atom stereocenters. The number of hydrogen-bond donors (Lipinski definition) is 2. The minimum Gasteiger partial charge on any atom is -0.482 e. The van der Waals surface area contributed by atoms with E-state index in [0.717, 1.165) is 12.8 Å². The molecule has 124 valence electrons. The van der Waals surface area contributed by atoms with Gasteiger partial charge in [-0.25, -0.2) is 0 Å². The van der Waals surface area contributed by atoms with Crippen LogP contribution in [0.25, 0.3) is 0 Å². The molecule has 0 spiro atoms. The lowest BCUT2D eigenvalue weighted by molar-refractivity contribution is -0.118. The van der Waals surface area contributed by atoms with E-state index >= 15 is 0 Å². The molecule has 0 unspecified atom stereocenters. The Morgan fingerprint density at radius 2 is 2.04 bits per heavy atom. The Hall–Kier alpha value is -2.82. The van der Waals surface area contributed by atoms with Crippen molar-refractivity contribution in [3.63, 3.8) is 0 Å². The summed E-state index contributed by atoms with van der Waals surface area (Å²) in [6.07, 6.45) is 1.77. The predicted octanol–water partition coefficient (Wildman–Crippen LogP) is 2.77. The molecular formula is C19H20N2O3. The molecule has 3 rings (SSSR count). The Labute approximate surface area is 141 Å². The first-order chi connectivity index (χ1) is 11.6. The molecule has 1 heterocycles. The first-order valence-electron chi connectivity index (χ1n) is 8.03. The van der Waals surface area contributed by atoms with Crippen molar-refractivity contribution in [2.24, 2.45) is 0 Å². The molecule has 0 saturated carbocycles. The number of anilines is 1.